The number of aliphatic carboxylic acids is 1. The fourth-order valence-corrected chi connectivity index (χ4v) is 1.77. The highest BCUT2D eigenvalue weighted by molar-refractivity contribution is 6.19. The summed E-state index contributed by atoms with van der Waals surface area (Å²) in [5.41, 5.74) is 0.879. The van der Waals surface area contributed by atoms with Crippen molar-refractivity contribution in [3.63, 3.8) is 0 Å². The van der Waals surface area contributed by atoms with E-state index in [0.29, 0.717) is 16.5 Å². The molecule has 0 amide bonds. The molecule has 0 aliphatic heterocycles. The van der Waals surface area contributed by atoms with Gasteiger partial charge in [0.1, 0.15) is 0 Å². The van der Waals surface area contributed by atoms with Crippen molar-refractivity contribution >= 4 is 22.4 Å². The highest BCUT2D eigenvalue weighted by atomic mass is 16.4. The highest BCUT2D eigenvalue weighted by Crippen LogP contribution is 2.24. The Morgan fingerprint density at radius 2 is 2.00 bits per heavy atom. The lowest BCUT2D eigenvalue weighted by molar-refractivity contribution is -0.300. The first-order valence-electron chi connectivity index (χ1n) is 5.06. The van der Waals surface area contributed by atoms with Gasteiger partial charge >= 0.3 is 5.97 Å². The molecular formula is C13H10NO3-. The Labute approximate surface area is 97.9 Å². The SMILES string of the molecule is C/C([O-])=C(/C(=O)O)c1ccnc2ccccc12. The summed E-state index contributed by atoms with van der Waals surface area (Å²) in [6, 6.07) is 8.68. The Bertz CT molecular complexity index is 608. The minimum atomic E-state index is -1.21. The average molecular weight is 228 g/mol. The smallest absolute Gasteiger partial charge is 0.335 e. The zero-order valence-corrected chi connectivity index (χ0v) is 9.18. The summed E-state index contributed by atoms with van der Waals surface area (Å²) in [6.07, 6.45) is 1.50. The monoisotopic (exact) mass is 228 g/mol. The van der Waals surface area contributed by atoms with Crippen LogP contribution in [-0.2, 0) is 4.79 Å². The van der Waals surface area contributed by atoms with E-state index in [2.05, 4.69) is 4.98 Å². The van der Waals surface area contributed by atoms with E-state index in [0.717, 1.165) is 0 Å². The minimum Gasteiger partial charge on any atom is -0.875 e. The first kappa shape index (κ1) is 11.1. The summed E-state index contributed by atoms with van der Waals surface area (Å²) in [6.45, 7) is 1.25. The molecule has 0 spiro atoms. The van der Waals surface area contributed by atoms with E-state index in [1.807, 2.05) is 6.07 Å². The number of pyridine rings is 1. The Kier molecular flexibility index (Phi) is 2.78. The largest absolute Gasteiger partial charge is 0.875 e. The molecule has 0 saturated carbocycles. The third-order valence-electron chi connectivity index (χ3n) is 2.48. The predicted octanol–water partition coefficient (Wildman–Crippen LogP) is 1.41. The van der Waals surface area contributed by atoms with Gasteiger partial charge in [0.2, 0.25) is 0 Å². The second kappa shape index (κ2) is 4.25. The summed E-state index contributed by atoms with van der Waals surface area (Å²) in [5.74, 6) is -1.68. The fourth-order valence-electron chi connectivity index (χ4n) is 1.77. The highest BCUT2D eigenvalue weighted by Gasteiger charge is 2.13. The normalized spacial score (nSPS) is 12.3. The molecule has 0 aliphatic carbocycles. The summed E-state index contributed by atoms with van der Waals surface area (Å²) in [4.78, 5) is 15.2. The molecule has 0 bridgehead atoms. The van der Waals surface area contributed by atoms with E-state index in [1.54, 1.807) is 24.3 Å². The zero-order valence-electron chi connectivity index (χ0n) is 9.18. The van der Waals surface area contributed by atoms with Crippen LogP contribution < -0.4 is 5.11 Å². The lowest BCUT2D eigenvalue weighted by atomic mass is 10.0. The van der Waals surface area contributed by atoms with Gasteiger partial charge in [0.15, 0.2) is 0 Å². The molecule has 4 heteroatoms. The average Bonchev–Trinajstić information content (AvgIpc) is 2.28. The van der Waals surface area contributed by atoms with Crippen LogP contribution in [0, 0.1) is 0 Å². The molecule has 0 radical (unpaired) electrons. The molecular weight excluding hydrogens is 218 g/mol. The van der Waals surface area contributed by atoms with Gasteiger partial charge in [-0.15, -0.1) is 5.76 Å². The van der Waals surface area contributed by atoms with Crippen LogP contribution in [0.2, 0.25) is 0 Å². The molecule has 1 aromatic carbocycles. The van der Waals surface area contributed by atoms with E-state index < -0.39 is 11.7 Å². The minimum absolute atomic E-state index is 0.205. The third-order valence-corrected chi connectivity index (χ3v) is 2.48. The Hall–Kier alpha value is -2.36. The van der Waals surface area contributed by atoms with E-state index >= 15 is 0 Å². The molecule has 2 aromatic rings. The van der Waals surface area contributed by atoms with E-state index in [9.17, 15) is 9.90 Å². The summed E-state index contributed by atoms with van der Waals surface area (Å²) >= 11 is 0. The number of para-hydroxylation sites is 1. The van der Waals surface area contributed by atoms with Crippen molar-refractivity contribution in [1.82, 2.24) is 4.98 Å². The van der Waals surface area contributed by atoms with Crippen LogP contribution in [0.1, 0.15) is 12.5 Å². The van der Waals surface area contributed by atoms with Crippen molar-refractivity contribution in [2.24, 2.45) is 0 Å². The Morgan fingerprint density at radius 1 is 1.29 bits per heavy atom. The second-order valence-corrected chi connectivity index (χ2v) is 3.61. The number of allylic oxidation sites excluding steroid dienone is 1. The van der Waals surface area contributed by atoms with Gasteiger partial charge in [0.05, 0.1) is 11.1 Å². The van der Waals surface area contributed by atoms with Gasteiger partial charge < -0.3 is 10.2 Å². The van der Waals surface area contributed by atoms with Gasteiger partial charge in [-0.05, 0) is 17.7 Å². The number of hydrogen-bond donors (Lipinski definition) is 1. The van der Waals surface area contributed by atoms with Gasteiger partial charge in [-0.1, -0.05) is 25.1 Å². The molecule has 2 rings (SSSR count). The molecule has 4 nitrogen and oxygen atoms in total. The number of carboxylic acid groups (broad SMARTS) is 1. The second-order valence-electron chi connectivity index (χ2n) is 3.61. The summed E-state index contributed by atoms with van der Waals surface area (Å²) in [5, 5.41) is 21.1. The Morgan fingerprint density at radius 3 is 2.65 bits per heavy atom. The van der Waals surface area contributed by atoms with Crippen LogP contribution in [0.5, 0.6) is 0 Å². The first-order valence-corrected chi connectivity index (χ1v) is 5.06. The van der Waals surface area contributed by atoms with Crippen molar-refractivity contribution in [2.45, 2.75) is 6.92 Å². The molecule has 0 saturated heterocycles. The van der Waals surface area contributed by atoms with Crippen LogP contribution in [0.25, 0.3) is 16.5 Å². The van der Waals surface area contributed by atoms with Crippen LogP contribution in [0.3, 0.4) is 0 Å². The quantitative estimate of drug-likeness (QED) is 0.623. The van der Waals surface area contributed by atoms with E-state index in [-0.39, 0.29) is 5.57 Å². The zero-order chi connectivity index (χ0) is 12.4. The number of aromatic nitrogens is 1. The van der Waals surface area contributed by atoms with Crippen LogP contribution >= 0.6 is 0 Å². The predicted molar refractivity (Wildman–Crippen MR) is 62.0 cm³/mol. The molecule has 1 N–H and O–H groups in total. The number of carbonyl (C=O) groups is 1. The number of carboxylic acids is 1. The number of hydrogen-bond acceptors (Lipinski definition) is 3. The third kappa shape index (κ3) is 1.97. The number of nitrogens with zero attached hydrogens (tertiary/aromatic N) is 1. The summed E-state index contributed by atoms with van der Waals surface area (Å²) < 4.78 is 0. The standard InChI is InChI=1S/C13H11NO3/c1-8(15)12(13(16)17)10-6-7-14-11-5-3-2-4-9(10)11/h2-7,15H,1H3,(H,16,17)/p-1/b12-8-. The molecule has 0 atom stereocenters. The van der Waals surface area contributed by atoms with E-state index in [4.69, 9.17) is 5.11 Å². The van der Waals surface area contributed by atoms with Crippen molar-refractivity contribution in [3.8, 4) is 0 Å². The number of fused-ring (bicyclic) bond motifs is 1. The molecule has 1 aromatic heterocycles. The lowest BCUT2D eigenvalue weighted by Gasteiger charge is -2.13. The van der Waals surface area contributed by atoms with Crippen LogP contribution in [-0.4, -0.2) is 16.1 Å². The van der Waals surface area contributed by atoms with Crippen molar-refractivity contribution < 1.29 is 15.0 Å². The van der Waals surface area contributed by atoms with Gasteiger partial charge in [-0.25, -0.2) is 4.79 Å². The van der Waals surface area contributed by atoms with Crippen molar-refractivity contribution in [2.75, 3.05) is 0 Å². The van der Waals surface area contributed by atoms with Gasteiger partial charge in [0, 0.05) is 11.6 Å². The van der Waals surface area contributed by atoms with E-state index in [1.165, 1.54) is 13.1 Å². The lowest BCUT2D eigenvalue weighted by Crippen LogP contribution is -2.10. The Balaban J connectivity index is 2.79. The van der Waals surface area contributed by atoms with Gasteiger partial charge in [-0.2, -0.15) is 0 Å². The molecule has 17 heavy (non-hydrogen) atoms. The summed E-state index contributed by atoms with van der Waals surface area (Å²) in [7, 11) is 0. The number of benzene rings is 1. The van der Waals surface area contributed by atoms with Crippen molar-refractivity contribution in [1.29, 1.82) is 0 Å². The maximum Gasteiger partial charge on any atom is 0.335 e. The maximum atomic E-state index is 11.4. The van der Waals surface area contributed by atoms with Crippen molar-refractivity contribution in [3.05, 3.63) is 47.9 Å². The number of rotatable bonds is 2. The molecule has 1 heterocycles. The first-order chi connectivity index (χ1) is 8.11. The fraction of sp³-hybridized carbons (Fsp3) is 0.0769. The molecule has 0 aliphatic rings. The topological polar surface area (TPSA) is 73.2 Å². The van der Waals surface area contributed by atoms with Crippen LogP contribution in [0.4, 0.5) is 0 Å². The molecule has 86 valence electrons. The maximum absolute atomic E-state index is 11.4. The molecule has 0 fully saturated rings. The van der Waals surface area contributed by atoms with Gasteiger partial charge in [-0.3, -0.25) is 4.98 Å². The molecule has 0 unspecified atom stereocenters. The van der Waals surface area contributed by atoms with Gasteiger partial charge in [0.25, 0.3) is 0 Å². The van der Waals surface area contributed by atoms with Crippen LogP contribution in [0.15, 0.2) is 42.3 Å².